The molecule has 1 unspecified atom stereocenters. The van der Waals surface area contributed by atoms with E-state index in [4.69, 9.17) is 9.47 Å². The summed E-state index contributed by atoms with van der Waals surface area (Å²) in [5, 5.41) is 7.66. The van der Waals surface area contributed by atoms with Crippen molar-refractivity contribution in [2.75, 3.05) is 39.9 Å². The highest BCUT2D eigenvalue weighted by molar-refractivity contribution is 5.80. The van der Waals surface area contributed by atoms with E-state index in [1.54, 1.807) is 4.68 Å². The van der Waals surface area contributed by atoms with Gasteiger partial charge in [0.15, 0.2) is 5.96 Å². The molecule has 152 valence electrons. The van der Waals surface area contributed by atoms with Gasteiger partial charge in [0.1, 0.15) is 18.5 Å². The largest absolute Gasteiger partial charge is 0.491 e. The summed E-state index contributed by atoms with van der Waals surface area (Å²) in [6, 6.07) is 8.22. The molecule has 1 aliphatic heterocycles. The third kappa shape index (κ3) is 5.04. The van der Waals surface area contributed by atoms with Crippen LogP contribution in [0.2, 0.25) is 0 Å². The molecule has 0 amide bonds. The maximum Gasteiger partial charge on any atom is 0.193 e. The summed E-state index contributed by atoms with van der Waals surface area (Å²) in [6.07, 6.45) is 3.88. The van der Waals surface area contributed by atoms with Crippen molar-refractivity contribution in [3.05, 3.63) is 47.8 Å². The topological polar surface area (TPSA) is 63.9 Å². The number of hydrogen-bond donors (Lipinski definition) is 1. The molecule has 0 spiro atoms. The predicted octanol–water partition coefficient (Wildman–Crippen LogP) is 2.57. The van der Waals surface area contributed by atoms with Crippen LogP contribution in [0.5, 0.6) is 5.75 Å². The molecule has 0 saturated carbocycles. The summed E-state index contributed by atoms with van der Waals surface area (Å²) < 4.78 is 13.7. The Morgan fingerprint density at radius 2 is 2.21 bits per heavy atom. The SMILES string of the molecule is CN=C(NCCOc1ccccc1C(C)C)N1CCOC(c2cnn(C)c2)C1. The Labute approximate surface area is 167 Å². The number of rotatable bonds is 6. The summed E-state index contributed by atoms with van der Waals surface area (Å²) in [6.45, 7) is 7.86. The van der Waals surface area contributed by atoms with Crippen LogP contribution in [0.25, 0.3) is 0 Å². The fourth-order valence-corrected chi connectivity index (χ4v) is 3.39. The molecule has 0 aliphatic carbocycles. The van der Waals surface area contributed by atoms with Crippen LogP contribution in [0.3, 0.4) is 0 Å². The Bertz CT molecular complexity index is 787. The molecule has 0 radical (unpaired) electrons. The van der Waals surface area contributed by atoms with Crippen molar-refractivity contribution in [2.45, 2.75) is 25.9 Å². The smallest absolute Gasteiger partial charge is 0.193 e. The highest BCUT2D eigenvalue weighted by atomic mass is 16.5. The third-order valence-corrected chi connectivity index (χ3v) is 4.86. The highest BCUT2D eigenvalue weighted by Crippen LogP contribution is 2.25. The number of para-hydroxylation sites is 1. The summed E-state index contributed by atoms with van der Waals surface area (Å²) in [4.78, 5) is 6.66. The van der Waals surface area contributed by atoms with Gasteiger partial charge in [-0.25, -0.2) is 0 Å². The number of morpholine rings is 1. The number of aryl methyl sites for hydroxylation is 1. The van der Waals surface area contributed by atoms with Gasteiger partial charge in [-0.3, -0.25) is 9.67 Å². The lowest BCUT2D eigenvalue weighted by Crippen LogP contribution is -2.48. The fourth-order valence-electron chi connectivity index (χ4n) is 3.39. The van der Waals surface area contributed by atoms with Gasteiger partial charge in [-0.2, -0.15) is 5.10 Å². The standard InChI is InChI=1S/C21H31N5O2/c1-16(2)18-7-5-6-8-19(18)27-11-9-23-21(22-3)26-10-12-28-20(15-26)17-13-24-25(4)14-17/h5-8,13-14,16,20H,9-12,15H2,1-4H3,(H,22,23). The minimum atomic E-state index is 0.00942. The van der Waals surface area contributed by atoms with Crippen LogP contribution in [0.15, 0.2) is 41.7 Å². The highest BCUT2D eigenvalue weighted by Gasteiger charge is 2.25. The number of aliphatic imine (C=N–C) groups is 1. The van der Waals surface area contributed by atoms with Gasteiger partial charge in [0.25, 0.3) is 0 Å². The Kier molecular flexibility index (Phi) is 6.92. The molecule has 3 rings (SSSR count). The van der Waals surface area contributed by atoms with Crippen LogP contribution >= 0.6 is 0 Å². The number of ether oxygens (including phenoxy) is 2. The second-order valence-electron chi connectivity index (χ2n) is 7.27. The lowest BCUT2D eigenvalue weighted by Gasteiger charge is -2.34. The minimum absolute atomic E-state index is 0.00942. The number of guanidine groups is 1. The lowest BCUT2D eigenvalue weighted by molar-refractivity contribution is -0.00805. The molecular formula is C21H31N5O2. The molecule has 7 heteroatoms. The molecule has 7 nitrogen and oxygen atoms in total. The van der Waals surface area contributed by atoms with E-state index in [1.807, 2.05) is 38.6 Å². The average Bonchev–Trinajstić information content (AvgIpc) is 3.15. The summed E-state index contributed by atoms with van der Waals surface area (Å²) in [7, 11) is 3.73. The molecule has 1 N–H and O–H groups in total. The average molecular weight is 386 g/mol. The van der Waals surface area contributed by atoms with E-state index in [1.165, 1.54) is 5.56 Å². The molecule has 2 aromatic rings. The first-order valence-corrected chi connectivity index (χ1v) is 9.86. The predicted molar refractivity (Wildman–Crippen MR) is 111 cm³/mol. The van der Waals surface area contributed by atoms with Gasteiger partial charge in [-0.05, 0) is 17.5 Å². The van der Waals surface area contributed by atoms with Crippen LogP contribution in [0, 0.1) is 0 Å². The zero-order chi connectivity index (χ0) is 19.9. The molecule has 1 saturated heterocycles. The molecule has 1 aliphatic rings. The van der Waals surface area contributed by atoms with Crippen LogP contribution in [-0.2, 0) is 11.8 Å². The Morgan fingerprint density at radius 1 is 1.39 bits per heavy atom. The zero-order valence-electron chi connectivity index (χ0n) is 17.3. The Morgan fingerprint density at radius 3 is 2.93 bits per heavy atom. The van der Waals surface area contributed by atoms with Crippen LogP contribution in [0.4, 0.5) is 0 Å². The van der Waals surface area contributed by atoms with E-state index in [-0.39, 0.29) is 6.10 Å². The molecule has 1 atom stereocenters. The normalized spacial score (nSPS) is 17.8. The molecule has 1 fully saturated rings. The maximum atomic E-state index is 6.00. The Balaban J connectivity index is 1.51. The summed E-state index contributed by atoms with van der Waals surface area (Å²) in [5.41, 5.74) is 2.33. The first kappa shape index (κ1) is 20.2. The third-order valence-electron chi connectivity index (χ3n) is 4.86. The molecule has 1 aromatic heterocycles. The Hall–Kier alpha value is -2.54. The van der Waals surface area contributed by atoms with Gasteiger partial charge in [-0.1, -0.05) is 32.0 Å². The second-order valence-corrected chi connectivity index (χ2v) is 7.27. The first-order chi connectivity index (χ1) is 13.6. The molecule has 28 heavy (non-hydrogen) atoms. The van der Waals surface area contributed by atoms with Gasteiger partial charge in [-0.15, -0.1) is 0 Å². The molecule has 0 bridgehead atoms. The van der Waals surface area contributed by atoms with E-state index in [2.05, 4.69) is 46.3 Å². The molecular weight excluding hydrogens is 354 g/mol. The van der Waals surface area contributed by atoms with E-state index in [0.717, 1.165) is 30.4 Å². The van der Waals surface area contributed by atoms with Gasteiger partial charge >= 0.3 is 0 Å². The monoisotopic (exact) mass is 385 g/mol. The lowest BCUT2D eigenvalue weighted by atomic mass is 10.0. The molecule has 2 heterocycles. The van der Waals surface area contributed by atoms with Gasteiger partial charge in [0, 0.05) is 32.4 Å². The van der Waals surface area contributed by atoms with Crippen molar-refractivity contribution in [3.8, 4) is 5.75 Å². The zero-order valence-corrected chi connectivity index (χ0v) is 17.3. The van der Waals surface area contributed by atoms with Crippen molar-refractivity contribution < 1.29 is 9.47 Å². The quantitative estimate of drug-likeness (QED) is 0.470. The fraction of sp³-hybridized carbons (Fsp3) is 0.524. The maximum absolute atomic E-state index is 6.00. The second kappa shape index (κ2) is 9.59. The minimum Gasteiger partial charge on any atom is -0.491 e. The van der Waals surface area contributed by atoms with E-state index >= 15 is 0 Å². The van der Waals surface area contributed by atoms with Crippen LogP contribution in [-0.4, -0.2) is 60.5 Å². The van der Waals surface area contributed by atoms with Crippen molar-refractivity contribution in [1.82, 2.24) is 20.0 Å². The van der Waals surface area contributed by atoms with Gasteiger partial charge in [0.2, 0.25) is 0 Å². The van der Waals surface area contributed by atoms with E-state index < -0.39 is 0 Å². The van der Waals surface area contributed by atoms with Crippen molar-refractivity contribution in [1.29, 1.82) is 0 Å². The van der Waals surface area contributed by atoms with Crippen LogP contribution < -0.4 is 10.1 Å². The van der Waals surface area contributed by atoms with Crippen LogP contribution in [0.1, 0.15) is 37.0 Å². The first-order valence-electron chi connectivity index (χ1n) is 9.86. The number of nitrogens with one attached hydrogen (secondary N) is 1. The van der Waals surface area contributed by atoms with E-state index in [0.29, 0.717) is 25.7 Å². The van der Waals surface area contributed by atoms with E-state index in [9.17, 15) is 0 Å². The van der Waals surface area contributed by atoms with Gasteiger partial charge < -0.3 is 19.7 Å². The summed E-state index contributed by atoms with van der Waals surface area (Å²) >= 11 is 0. The molecule has 1 aromatic carbocycles. The summed E-state index contributed by atoms with van der Waals surface area (Å²) in [5.74, 6) is 2.27. The number of nitrogens with zero attached hydrogens (tertiary/aromatic N) is 4. The van der Waals surface area contributed by atoms with Crippen molar-refractivity contribution >= 4 is 5.96 Å². The van der Waals surface area contributed by atoms with Crippen molar-refractivity contribution in [2.24, 2.45) is 12.0 Å². The van der Waals surface area contributed by atoms with Gasteiger partial charge in [0.05, 0.1) is 25.9 Å². The number of benzene rings is 1. The number of aromatic nitrogens is 2. The number of hydrogen-bond acceptors (Lipinski definition) is 4. The van der Waals surface area contributed by atoms with Crippen molar-refractivity contribution in [3.63, 3.8) is 0 Å².